The van der Waals surface area contributed by atoms with E-state index in [-0.39, 0.29) is 5.91 Å². The highest BCUT2D eigenvalue weighted by Gasteiger charge is 2.24. The molecule has 0 saturated carbocycles. The van der Waals surface area contributed by atoms with E-state index in [1.807, 2.05) is 29.2 Å². The first kappa shape index (κ1) is 21.4. The average Bonchev–Trinajstić information content (AvgIpc) is 2.84. The van der Waals surface area contributed by atoms with E-state index in [0.717, 1.165) is 49.0 Å². The molecule has 2 fully saturated rings. The summed E-state index contributed by atoms with van der Waals surface area (Å²) in [6, 6.07) is 12.5. The number of hydrogen-bond acceptors (Lipinski definition) is 6. The lowest BCUT2D eigenvalue weighted by atomic mass is 10.0. The van der Waals surface area contributed by atoms with Crippen LogP contribution in [0.25, 0.3) is 0 Å². The molecule has 7 nitrogen and oxygen atoms in total. The Bertz CT molecular complexity index is 847. The number of carbonyl (C=O) groups excluding carboxylic acids is 1. The Hall–Kier alpha value is -2.83. The number of methoxy groups -OCH3 is 1. The summed E-state index contributed by atoms with van der Waals surface area (Å²) in [6.07, 6.45) is 5.35. The van der Waals surface area contributed by atoms with E-state index >= 15 is 0 Å². The lowest BCUT2D eigenvalue weighted by Crippen LogP contribution is -2.49. The largest absolute Gasteiger partial charge is 0.497 e. The van der Waals surface area contributed by atoms with Crippen LogP contribution in [0.2, 0.25) is 0 Å². The fourth-order valence-corrected chi connectivity index (χ4v) is 4.58. The van der Waals surface area contributed by atoms with E-state index in [9.17, 15) is 4.79 Å². The SMILES string of the molecule is CCC1CCCCN1c1ccc(N2CCN(C(=O)Cc3ccc(OC)cc3)CC2)nn1. The molecule has 3 heterocycles. The minimum absolute atomic E-state index is 0.168. The Balaban J connectivity index is 1.30. The fourth-order valence-electron chi connectivity index (χ4n) is 4.58. The molecular weight excluding hydrogens is 390 g/mol. The first-order valence-electron chi connectivity index (χ1n) is 11.4. The van der Waals surface area contributed by atoms with Crippen molar-refractivity contribution in [2.45, 2.75) is 45.1 Å². The van der Waals surface area contributed by atoms with Crippen LogP contribution in [-0.4, -0.2) is 66.9 Å². The van der Waals surface area contributed by atoms with Gasteiger partial charge >= 0.3 is 0 Å². The zero-order chi connectivity index (χ0) is 21.6. The fraction of sp³-hybridized carbons (Fsp3) is 0.542. The first-order valence-corrected chi connectivity index (χ1v) is 11.4. The van der Waals surface area contributed by atoms with Crippen LogP contribution < -0.4 is 14.5 Å². The van der Waals surface area contributed by atoms with Crippen LogP contribution in [-0.2, 0) is 11.2 Å². The summed E-state index contributed by atoms with van der Waals surface area (Å²) in [5, 5.41) is 9.06. The van der Waals surface area contributed by atoms with Gasteiger partial charge in [0.05, 0.1) is 13.5 Å². The predicted molar refractivity (Wildman–Crippen MR) is 123 cm³/mol. The average molecular weight is 424 g/mol. The number of piperidine rings is 1. The molecule has 0 aliphatic carbocycles. The van der Waals surface area contributed by atoms with E-state index in [4.69, 9.17) is 4.74 Å². The Morgan fingerprint density at radius 3 is 2.32 bits per heavy atom. The molecule has 1 unspecified atom stereocenters. The summed E-state index contributed by atoms with van der Waals surface area (Å²) >= 11 is 0. The van der Waals surface area contributed by atoms with E-state index in [1.54, 1.807) is 7.11 Å². The molecule has 0 radical (unpaired) electrons. The van der Waals surface area contributed by atoms with Gasteiger partial charge in [-0.2, -0.15) is 0 Å². The molecule has 1 atom stereocenters. The molecule has 7 heteroatoms. The third-order valence-electron chi connectivity index (χ3n) is 6.50. The summed E-state index contributed by atoms with van der Waals surface area (Å²) < 4.78 is 5.18. The highest BCUT2D eigenvalue weighted by molar-refractivity contribution is 5.79. The lowest BCUT2D eigenvalue weighted by molar-refractivity contribution is -0.130. The van der Waals surface area contributed by atoms with Gasteiger partial charge in [-0.3, -0.25) is 4.79 Å². The summed E-state index contributed by atoms with van der Waals surface area (Å²) in [5.41, 5.74) is 1.01. The number of hydrogen-bond donors (Lipinski definition) is 0. The molecule has 2 aliphatic heterocycles. The molecule has 4 rings (SSSR count). The third-order valence-corrected chi connectivity index (χ3v) is 6.50. The first-order chi connectivity index (χ1) is 15.2. The number of amides is 1. The maximum Gasteiger partial charge on any atom is 0.227 e. The van der Waals surface area contributed by atoms with E-state index in [0.29, 0.717) is 25.6 Å². The summed E-state index contributed by atoms with van der Waals surface area (Å²) in [7, 11) is 1.65. The number of piperazine rings is 1. The van der Waals surface area contributed by atoms with E-state index < -0.39 is 0 Å². The van der Waals surface area contributed by atoms with E-state index in [2.05, 4.69) is 39.1 Å². The minimum Gasteiger partial charge on any atom is -0.497 e. The number of rotatable bonds is 6. The van der Waals surface area contributed by atoms with Gasteiger partial charge in [0, 0.05) is 38.8 Å². The number of carbonyl (C=O) groups is 1. The van der Waals surface area contributed by atoms with Crippen LogP contribution in [0.1, 0.15) is 38.2 Å². The lowest BCUT2D eigenvalue weighted by Gasteiger charge is -2.37. The van der Waals surface area contributed by atoms with Crippen LogP contribution in [0.5, 0.6) is 5.75 Å². The van der Waals surface area contributed by atoms with Gasteiger partial charge in [-0.1, -0.05) is 19.1 Å². The third kappa shape index (κ3) is 5.09. The van der Waals surface area contributed by atoms with Crippen molar-refractivity contribution in [3.05, 3.63) is 42.0 Å². The number of anilines is 2. The van der Waals surface area contributed by atoms with Gasteiger partial charge in [0.1, 0.15) is 5.75 Å². The molecule has 0 bridgehead atoms. The Morgan fingerprint density at radius 2 is 1.68 bits per heavy atom. The molecule has 1 aromatic heterocycles. The van der Waals surface area contributed by atoms with E-state index in [1.165, 1.54) is 19.3 Å². The van der Waals surface area contributed by atoms with Crippen molar-refractivity contribution in [1.29, 1.82) is 0 Å². The number of ether oxygens (including phenoxy) is 1. The zero-order valence-electron chi connectivity index (χ0n) is 18.7. The Morgan fingerprint density at radius 1 is 0.968 bits per heavy atom. The Kier molecular flexibility index (Phi) is 6.89. The standard InChI is InChI=1S/C24H33N5O2/c1-3-20-6-4-5-13-29(20)23-12-11-22(25-26-23)27-14-16-28(17-15-27)24(30)18-19-7-9-21(31-2)10-8-19/h7-12,20H,3-6,13-18H2,1-2H3. The van der Waals surface area contributed by atoms with Crippen molar-refractivity contribution in [1.82, 2.24) is 15.1 Å². The maximum absolute atomic E-state index is 12.7. The van der Waals surface area contributed by atoms with Crippen LogP contribution in [0, 0.1) is 0 Å². The van der Waals surface area contributed by atoms with Gasteiger partial charge < -0.3 is 19.4 Å². The van der Waals surface area contributed by atoms with Crippen LogP contribution in [0.3, 0.4) is 0 Å². The highest BCUT2D eigenvalue weighted by Crippen LogP contribution is 2.25. The van der Waals surface area contributed by atoms with Crippen molar-refractivity contribution in [3.8, 4) is 5.75 Å². The van der Waals surface area contributed by atoms with Crippen molar-refractivity contribution in [2.24, 2.45) is 0 Å². The zero-order valence-corrected chi connectivity index (χ0v) is 18.7. The summed E-state index contributed by atoms with van der Waals surface area (Å²) in [6.45, 7) is 6.31. The maximum atomic E-state index is 12.7. The van der Waals surface area contributed by atoms with Gasteiger partial charge in [0.2, 0.25) is 5.91 Å². The van der Waals surface area contributed by atoms with Crippen molar-refractivity contribution in [2.75, 3.05) is 49.6 Å². The van der Waals surface area contributed by atoms with Crippen molar-refractivity contribution >= 4 is 17.5 Å². The molecule has 2 aliphatic rings. The second kappa shape index (κ2) is 9.98. The van der Waals surface area contributed by atoms with Crippen LogP contribution >= 0.6 is 0 Å². The minimum atomic E-state index is 0.168. The van der Waals surface area contributed by atoms with Crippen molar-refractivity contribution in [3.63, 3.8) is 0 Å². The number of aromatic nitrogens is 2. The van der Waals surface area contributed by atoms with Gasteiger partial charge in [0.25, 0.3) is 0 Å². The molecule has 31 heavy (non-hydrogen) atoms. The van der Waals surface area contributed by atoms with Crippen molar-refractivity contribution < 1.29 is 9.53 Å². The molecule has 1 amide bonds. The second-order valence-electron chi connectivity index (χ2n) is 8.39. The highest BCUT2D eigenvalue weighted by atomic mass is 16.5. The molecule has 166 valence electrons. The smallest absolute Gasteiger partial charge is 0.227 e. The Labute approximate surface area is 185 Å². The topological polar surface area (TPSA) is 61.8 Å². The van der Waals surface area contributed by atoms with Crippen LogP contribution in [0.15, 0.2) is 36.4 Å². The molecular formula is C24H33N5O2. The van der Waals surface area contributed by atoms with Crippen LogP contribution in [0.4, 0.5) is 11.6 Å². The van der Waals surface area contributed by atoms with Gasteiger partial charge in [-0.15, -0.1) is 10.2 Å². The number of benzene rings is 1. The predicted octanol–water partition coefficient (Wildman–Crippen LogP) is 3.15. The molecule has 2 saturated heterocycles. The van der Waals surface area contributed by atoms with Gasteiger partial charge in [-0.05, 0) is 55.5 Å². The monoisotopic (exact) mass is 423 g/mol. The molecule has 0 spiro atoms. The van der Waals surface area contributed by atoms with Gasteiger partial charge in [0.15, 0.2) is 11.6 Å². The number of nitrogens with zero attached hydrogens (tertiary/aromatic N) is 5. The molecule has 2 aromatic rings. The normalized spacial score (nSPS) is 19.4. The molecule has 0 N–H and O–H groups in total. The van der Waals surface area contributed by atoms with Gasteiger partial charge in [-0.25, -0.2) is 0 Å². The summed E-state index contributed by atoms with van der Waals surface area (Å²) in [5.74, 6) is 2.86. The molecule has 1 aromatic carbocycles. The second-order valence-corrected chi connectivity index (χ2v) is 8.39. The quantitative estimate of drug-likeness (QED) is 0.711. The summed E-state index contributed by atoms with van der Waals surface area (Å²) in [4.78, 5) is 19.3.